The van der Waals surface area contributed by atoms with Gasteiger partial charge in [0.25, 0.3) is 0 Å². The molecule has 1 N–H and O–H groups in total. The normalized spacial score (nSPS) is 13.8. The van der Waals surface area contributed by atoms with E-state index < -0.39 is 0 Å². The Morgan fingerprint density at radius 1 is 1.03 bits per heavy atom. The Labute approximate surface area is 196 Å². The molecule has 0 aromatic heterocycles. The summed E-state index contributed by atoms with van der Waals surface area (Å²) in [7, 11) is 1.66. The Kier molecular flexibility index (Phi) is 13.2. The monoisotopic (exact) mass is 474 g/mol. The fourth-order valence-corrected chi connectivity index (χ4v) is 3.46. The van der Waals surface area contributed by atoms with E-state index in [1.807, 2.05) is 36.4 Å². The summed E-state index contributed by atoms with van der Waals surface area (Å²) in [5.41, 5.74) is 2.04. The minimum absolute atomic E-state index is 0. The van der Waals surface area contributed by atoms with E-state index >= 15 is 0 Å². The smallest absolute Gasteiger partial charge is 0.166 e. The van der Waals surface area contributed by atoms with Crippen molar-refractivity contribution in [2.75, 3.05) is 46.5 Å². The highest BCUT2D eigenvalue weighted by Gasteiger charge is 2.12. The average Bonchev–Trinajstić information content (AvgIpc) is 2.74. The number of para-hydroxylation sites is 1. The van der Waals surface area contributed by atoms with Crippen LogP contribution in [0.2, 0.25) is 5.02 Å². The lowest BCUT2D eigenvalue weighted by Crippen LogP contribution is -3.00. The van der Waals surface area contributed by atoms with Crippen molar-refractivity contribution >= 4 is 11.6 Å². The van der Waals surface area contributed by atoms with E-state index in [-0.39, 0.29) is 24.8 Å². The van der Waals surface area contributed by atoms with E-state index in [0.717, 1.165) is 75.0 Å². The lowest BCUT2D eigenvalue weighted by atomic mass is 10.1. The number of methoxy groups -OCH3 is 1. The van der Waals surface area contributed by atoms with E-state index in [1.165, 1.54) is 0 Å². The van der Waals surface area contributed by atoms with Crippen molar-refractivity contribution < 1.29 is 39.0 Å². The minimum Gasteiger partial charge on any atom is -1.00 e. The van der Waals surface area contributed by atoms with Crippen LogP contribution >= 0.6 is 11.6 Å². The molecule has 3 rings (SSSR count). The third-order valence-electron chi connectivity index (χ3n) is 4.86. The molecule has 0 saturated carbocycles. The van der Waals surface area contributed by atoms with Gasteiger partial charge in [0.2, 0.25) is 0 Å². The molecule has 2 aromatic carbocycles. The van der Waals surface area contributed by atoms with Gasteiger partial charge in [-0.15, -0.1) is 0 Å². The van der Waals surface area contributed by atoms with Crippen LogP contribution in [-0.2, 0) is 17.9 Å². The highest BCUT2D eigenvalue weighted by molar-refractivity contribution is 6.31. The second-order valence-electron chi connectivity index (χ2n) is 6.81. The molecule has 0 amide bonds. The molecular formula is C22H29Cl3N2O3-2. The van der Waals surface area contributed by atoms with Gasteiger partial charge >= 0.3 is 0 Å². The average molecular weight is 476 g/mol. The number of benzene rings is 2. The fourth-order valence-electron chi connectivity index (χ4n) is 3.27. The zero-order valence-electron chi connectivity index (χ0n) is 17.2. The predicted octanol–water partition coefficient (Wildman–Crippen LogP) is -2.25. The first-order valence-electron chi connectivity index (χ1n) is 9.81. The Morgan fingerprint density at radius 2 is 1.77 bits per heavy atom. The molecule has 0 atom stereocenters. The maximum absolute atomic E-state index is 6.25. The molecule has 0 bridgehead atoms. The first-order valence-corrected chi connectivity index (χ1v) is 10.2. The van der Waals surface area contributed by atoms with Crippen LogP contribution in [0.15, 0.2) is 42.5 Å². The molecule has 0 radical (unpaired) electrons. The van der Waals surface area contributed by atoms with Crippen molar-refractivity contribution in [3.8, 4) is 11.5 Å². The van der Waals surface area contributed by atoms with Crippen molar-refractivity contribution in [3.63, 3.8) is 0 Å². The number of nitrogens with zero attached hydrogens (tertiary/aromatic N) is 1. The number of rotatable bonds is 10. The molecule has 5 nitrogen and oxygen atoms in total. The highest BCUT2D eigenvalue weighted by atomic mass is 35.5. The van der Waals surface area contributed by atoms with Gasteiger partial charge in [0.1, 0.15) is 6.61 Å². The maximum Gasteiger partial charge on any atom is 0.166 e. The van der Waals surface area contributed by atoms with Gasteiger partial charge in [0, 0.05) is 35.8 Å². The molecule has 1 fully saturated rings. The summed E-state index contributed by atoms with van der Waals surface area (Å²) in [4.78, 5) is 2.45. The third kappa shape index (κ3) is 8.14. The van der Waals surface area contributed by atoms with Crippen LogP contribution in [0.1, 0.15) is 17.5 Å². The summed E-state index contributed by atoms with van der Waals surface area (Å²) in [6, 6.07) is 13.7. The molecule has 0 spiro atoms. The van der Waals surface area contributed by atoms with Gasteiger partial charge in [0.15, 0.2) is 11.5 Å². The predicted molar refractivity (Wildman–Crippen MR) is 112 cm³/mol. The summed E-state index contributed by atoms with van der Waals surface area (Å²) in [6.07, 6.45) is 1.11. The van der Waals surface area contributed by atoms with Gasteiger partial charge in [-0.2, -0.15) is 0 Å². The molecule has 1 aliphatic rings. The molecular weight excluding hydrogens is 447 g/mol. The van der Waals surface area contributed by atoms with Crippen LogP contribution < -0.4 is 39.6 Å². The van der Waals surface area contributed by atoms with E-state index in [2.05, 4.69) is 16.3 Å². The molecule has 1 heterocycles. The van der Waals surface area contributed by atoms with Gasteiger partial charge in [0.05, 0.1) is 20.3 Å². The SMILES string of the molecule is COc1cccc(CNCCCN2CCOCC2)c1OCc1ccccc1Cl.[Cl-].[Cl-]. The van der Waals surface area contributed by atoms with E-state index in [1.54, 1.807) is 7.11 Å². The van der Waals surface area contributed by atoms with Crippen LogP contribution in [0.4, 0.5) is 0 Å². The molecule has 168 valence electrons. The summed E-state index contributed by atoms with van der Waals surface area (Å²) < 4.78 is 17.0. The van der Waals surface area contributed by atoms with Gasteiger partial charge in [-0.1, -0.05) is 41.9 Å². The molecule has 2 aromatic rings. The van der Waals surface area contributed by atoms with Crippen molar-refractivity contribution in [2.45, 2.75) is 19.6 Å². The van der Waals surface area contributed by atoms with Crippen LogP contribution in [0.3, 0.4) is 0 Å². The van der Waals surface area contributed by atoms with Gasteiger partial charge in [-0.3, -0.25) is 4.90 Å². The van der Waals surface area contributed by atoms with Crippen molar-refractivity contribution in [3.05, 3.63) is 58.6 Å². The fraction of sp³-hybridized carbons (Fsp3) is 0.455. The lowest BCUT2D eigenvalue weighted by Gasteiger charge is -2.26. The lowest BCUT2D eigenvalue weighted by molar-refractivity contribution is -0.00100. The summed E-state index contributed by atoms with van der Waals surface area (Å²) in [6.45, 7) is 6.98. The van der Waals surface area contributed by atoms with Crippen molar-refractivity contribution in [2.24, 2.45) is 0 Å². The number of halogens is 3. The molecule has 1 aliphatic heterocycles. The number of morpholine rings is 1. The number of nitrogens with one attached hydrogen (secondary N) is 1. The van der Waals surface area contributed by atoms with Gasteiger partial charge < -0.3 is 44.3 Å². The highest BCUT2D eigenvalue weighted by Crippen LogP contribution is 2.32. The molecule has 0 unspecified atom stereocenters. The van der Waals surface area contributed by atoms with E-state index in [0.29, 0.717) is 11.6 Å². The topological polar surface area (TPSA) is 43.0 Å². The summed E-state index contributed by atoms with van der Waals surface area (Å²) in [5.74, 6) is 1.50. The summed E-state index contributed by atoms with van der Waals surface area (Å²) >= 11 is 6.25. The molecule has 8 heteroatoms. The van der Waals surface area contributed by atoms with Gasteiger partial charge in [-0.05, 0) is 31.6 Å². The first-order chi connectivity index (χ1) is 13.8. The zero-order valence-corrected chi connectivity index (χ0v) is 19.5. The second-order valence-corrected chi connectivity index (χ2v) is 7.22. The Bertz CT molecular complexity index is 743. The number of hydrogen-bond donors (Lipinski definition) is 1. The maximum atomic E-state index is 6.25. The molecule has 0 aliphatic carbocycles. The summed E-state index contributed by atoms with van der Waals surface area (Å²) in [5, 5.41) is 4.23. The Morgan fingerprint density at radius 3 is 2.50 bits per heavy atom. The van der Waals surface area contributed by atoms with Crippen LogP contribution in [0, 0.1) is 0 Å². The quantitative estimate of drug-likeness (QED) is 0.393. The van der Waals surface area contributed by atoms with Crippen molar-refractivity contribution in [1.82, 2.24) is 10.2 Å². The number of ether oxygens (including phenoxy) is 3. The first kappa shape index (κ1) is 26.8. The van der Waals surface area contributed by atoms with E-state index in [9.17, 15) is 0 Å². The van der Waals surface area contributed by atoms with Crippen LogP contribution in [0.5, 0.6) is 11.5 Å². The standard InChI is InChI=1S/C22H29ClN2O3.2ClH/c1-26-21-9-4-7-18(16-24-10-5-11-25-12-14-27-15-13-25)22(21)28-17-19-6-2-3-8-20(19)23;;/h2-4,6-9,24H,5,10-17H2,1H3;2*1H/p-2. The Hall–Kier alpha value is -1.21. The van der Waals surface area contributed by atoms with Crippen LogP contribution in [0.25, 0.3) is 0 Å². The van der Waals surface area contributed by atoms with Crippen molar-refractivity contribution in [1.29, 1.82) is 0 Å². The largest absolute Gasteiger partial charge is 1.00 e. The molecule has 30 heavy (non-hydrogen) atoms. The third-order valence-corrected chi connectivity index (χ3v) is 5.23. The Balaban J connectivity index is 0.00000225. The second kappa shape index (κ2) is 14.7. The minimum atomic E-state index is 0. The van der Waals surface area contributed by atoms with Crippen LogP contribution in [-0.4, -0.2) is 51.4 Å². The zero-order chi connectivity index (χ0) is 19.6. The van der Waals surface area contributed by atoms with Gasteiger partial charge in [-0.25, -0.2) is 0 Å². The number of hydrogen-bond acceptors (Lipinski definition) is 5. The van der Waals surface area contributed by atoms with E-state index in [4.69, 9.17) is 25.8 Å². The molecule has 1 saturated heterocycles.